The lowest BCUT2D eigenvalue weighted by atomic mass is 9.85. The molecule has 180 valence electrons. The second-order valence-electron chi connectivity index (χ2n) is 8.69. The van der Waals surface area contributed by atoms with E-state index < -0.39 is 5.97 Å². The van der Waals surface area contributed by atoms with Gasteiger partial charge in [0, 0.05) is 11.7 Å². The van der Waals surface area contributed by atoms with Crippen molar-refractivity contribution in [1.82, 2.24) is 4.90 Å². The van der Waals surface area contributed by atoms with Gasteiger partial charge in [-0.25, -0.2) is 4.79 Å². The number of amides is 1. The van der Waals surface area contributed by atoms with Crippen LogP contribution in [0.25, 0.3) is 6.08 Å². The van der Waals surface area contributed by atoms with Crippen LogP contribution in [0.5, 0.6) is 5.75 Å². The van der Waals surface area contributed by atoms with Crippen molar-refractivity contribution in [2.75, 3.05) is 18.5 Å². The summed E-state index contributed by atoms with van der Waals surface area (Å²) in [5.74, 6) is 0.755. The molecule has 2 fully saturated rings. The Hall–Kier alpha value is -2.93. The van der Waals surface area contributed by atoms with E-state index in [1.165, 1.54) is 6.42 Å². The van der Waals surface area contributed by atoms with Crippen molar-refractivity contribution in [3.63, 3.8) is 0 Å². The zero-order valence-corrected chi connectivity index (χ0v) is 20.6. The minimum absolute atomic E-state index is 0.0832. The van der Waals surface area contributed by atoms with Crippen molar-refractivity contribution in [2.24, 2.45) is 5.92 Å². The van der Waals surface area contributed by atoms with Crippen LogP contribution in [0.15, 0.2) is 59.5 Å². The summed E-state index contributed by atoms with van der Waals surface area (Å²) >= 11 is 1.57. The van der Waals surface area contributed by atoms with E-state index in [-0.39, 0.29) is 24.1 Å². The van der Waals surface area contributed by atoms with E-state index in [0.717, 1.165) is 35.4 Å². The number of hydrogen-bond acceptors (Lipinski definition) is 6. The molecular formula is C27H32N2O4S. The van der Waals surface area contributed by atoms with Crippen LogP contribution in [-0.2, 0) is 14.3 Å². The standard InChI is InChI=1S/C27H32N2O4S/c1-3-32-25(30)18-33-22-15-13-20(14-16-22)17-24-26(31)29(23-12-8-7-9-19(23)2)27(34-24)28-21-10-5-4-6-11-21/h4-6,10-11,13-17,19,23,27-28H,3,7-9,12,18H2,1-2H3/b24-17-/t19-,23+,27?/m0/s1. The lowest BCUT2D eigenvalue weighted by molar-refractivity contribution is -0.145. The van der Waals surface area contributed by atoms with Crippen molar-refractivity contribution < 1.29 is 19.1 Å². The summed E-state index contributed by atoms with van der Waals surface area (Å²) in [5, 5.41) is 3.57. The van der Waals surface area contributed by atoms with Gasteiger partial charge in [0.25, 0.3) is 5.91 Å². The number of nitrogens with one attached hydrogen (secondary N) is 1. The molecule has 1 aliphatic heterocycles. The first-order valence-electron chi connectivity index (χ1n) is 12.0. The molecule has 1 saturated heterocycles. The molecule has 1 N–H and O–H groups in total. The van der Waals surface area contributed by atoms with Gasteiger partial charge in [-0.05, 0) is 61.6 Å². The topological polar surface area (TPSA) is 67.9 Å². The first-order valence-corrected chi connectivity index (χ1v) is 12.8. The highest BCUT2D eigenvalue weighted by Gasteiger charge is 2.42. The molecule has 0 aromatic heterocycles. The number of para-hydroxylation sites is 1. The Morgan fingerprint density at radius 2 is 1.85 bits per heavy atom. The van der Waals surface area contributed by atoms with Gasteiger partial charge in [0.15, 0.2) is 12.1 Å². The van der Waals surface area contributed by atoms with Gasteiger partial charge in [-0.3, -0.25) is 4.79 Å². The number of ether oxygens (including phenoxy) is 2. The zero-order chi connectivity index (χ0) is 23.9. The van der Waals surface area contributed by atoms with E-state index in [0.29, 0.717) is 18.3 Å². The summed E-state index contributed by atoms with van der Waals surface area (Å²) in [6.07, 6.45) is 6.53. The van der Waals surface area contributed by atoms with E-state index >= 15 is 0 Å². The minimum atomic E-state index is -0.393. The first kappa shape index (κ1) is 24.2. The molecule has 2 aliphatic rings. The number of esters is 1. The van der Waals surface area contributed by atoms with Gasteiger partial charge in [-0.2, -0.15) is 0 Å². The summed E-state index contributed by atoms with van der Waals surface area (Å²) in [4.78, 5) is 27.9. The molecule has 7 heteroatoms. The number of carbonyl (C=O) groups excluding carboxylic acids is 2. The predicted octanol–water partition coefficient (Wildman–Crippen LogP) is 5.52. The number of benzene rings is 2. The number of rotatable bonds is 8. The summed E-state index contributed by atoms with van der Waals surface area (Å²) in [6.45, 7) is 4.23. The van der Waals surface area contributed by atoms with Gasteiger partial charge in [0.05, 0.1) is 11.5 Å². The van der Waals surface area contributed by atoms with Gasteiger partial charge >= 0.3 is 5.97 Å². The highest BCUT2D eigenvalue weighted by atomic mass is 32.2. The maximum absolute atomic E-state index is 13.6. The van der Waals surface area contributed by atoms with Gasteiger partial charge in [-0.1, -0.05) is 61.9 Å². The van der Waals surface area contributed by atoms with Crippen molar-refractivity contribution >= 4 is 35.4 Å². The molecule has 6 nitrogen and oxygen atoms in total. The Balaban J connectivity index is 1.51. The van der Waals surface area contributed by atoms with Gasteiger partial charge in [0.1, 0.15) is 5.75 Å². The average Bonchev–Trinajstić information content (AvgIpc) is 3.14. The van der Waals surface area contributed by atoms with Crippen molar-refractivity contribution in [3.8, 4) is 5.75 Å². The first-order chi connectivity index (χ1) is 16.5. The minimum Gasteiger partial charge on any atom is -0.482 e. The molecule has 1 heterocycles. The van der Waals surface area contributed by atoms with E-state index in [4.69, 9.17) is 9.47 Å². The molecule has 2 aromatic rings. The summed E-state index contributed by atoms with van der Waals surface area (Å²) in [5.41, 5.74) is 1.78. The van der Waals surface area contributed by atoms with Crippen molar-refractivity contribution in [2.45, 2.75) is 51.1 Å². The molecule has 1 unspecified atom stereocenters. The fourth-order valence-corrected chi connectivity index (χ4v) is 5.74. The van der Waals surface area contributed by atoms with Crippen molar-refractivity contribution in [1.29, 1.82) is 0 Å². The van der Waals surface area contributed by atoms with Crippen LogP contribution in [0.2, 0.25) is 0 Å². The molecule has 34 heavy (non-hydrogen) atoms. The van der Waals surface area contributed by atoms with Crippen LogP contribution in [0.4, 0.5) is 5.69 Å². The number of thioether (sulfide) groups is 1. The van der Waals surface area contributed by atoms with Crippen LogP contribution in [0, 0.1) is 5.92 Å². The Morgan fingerprint density at radius 3 is 2.56 bits per heavy atom. The third-order valence-corrected chi connectivity index (χ3v) is 7.38. The molecule has 0 radical (unpaired) electrons. The molecule has 0 bridgehead atoms. The summed E-state index contributed by atoms with van der Waals surface area (Å²) in [7, 11) is 0. The molecule has 1 saturated carbocycles. The van der Waals surface area contributed by atoms with Crippen LogP contribution in [0.3, 0.4) is 0 Å². The normalized spacial score (nSPS) is 23.7. The SMILES string of the molecule is CCOC(=O)COc1ccc(/C=C2\SC(Nc3ccccc3)N([C@@H]3CCCC[C@@H]3C)C2=O)cc1. The quantitative estimate of drug-likeness (QED) is 0.396. The van der Waals surface area contributed by atoms with Gasteiger partial charge in [0.2, 0.25) is 0 Å². The van der Waals surface area contributed by atoms with E-state index in [9.17, 15) is 9.59 Å². The van der Waals surface area contributed by atoms with E-state index in [2.05, 4.69) is 17.1 Å². The molecule has 1 amide bonds. The zero-order valence-electron chi connectivity index (χ0n) is 19.7. The monoisotopic (exact) mass is 480 g/mol. The smallest absolute Gasteiger partial charge is 0.344 e. The van der Waals surface area contributed by atoms with Crippen LogP contribution in [0.1, 0.15) is 45.1 Å². The summed E-state index contributed by atoms with van der Waals surface area (Å²) in [6, 6.07) is 17.7. The largest absolute Gasteiger partial charge is 0.482 e. The molecular weight excluding hydrogens is 448 g/mol. The molecule has 4 rings (SSSR count). The molecule has 0 spiro atoms. The number of hydrogen-bond donors (Lipinski definition) is 1. The molecule has 3 atom stereocenters. The lowest BCUT2D eigenvalue weighted by Crippen LogP contribution is -2.48. The number of nitrogens with zero attached hydrogens (tertiary/aromatic N) is 1. The highest BCUT2D eigenvalue weighted by Crippen LogP contribution is 2.42. The van der Waals surface area contributed by atoms with Crippen molar-refractivity contribution in [3.05, 3.63) is 65.1 Å². The molecule has 1 aliphatic carbocycles. The summed E-state index contributed by atoms with van der Waals surface area (Å²) < 4.78 is 10.4. The number of carbonyl (C=O) groups is 2. The van der Waals surface area contributed by atoms with Crippen LogP contribution >= 0.6 is 11.8 Å². The fraction of sp³-hybridized carbons (Fsp3) is 0.407. The second-order valence-corrected chi connectivity index (χ2v) is 9.82. The van der Waals surface area contributed by atoms with E-state index in [1.54, 1.807) is 30.8 Å². The van der Waals surface area contributed by atoms with Crippen LogP contribution in [-0.4, -0.2) is 41.5 Å². The third-order valence-electron chi connectivity index (χ3n) is 6.26. The maximum Gasteiger partial charge on any atom is 0.344 e. The maximum atomic E-state index is 13.6. The Bertz CT molecular complexity index is 1010. The van der Waals surface area contributed by atoms with Gasteiger partial charge in [-0.15, -0.1) is 0 Å². The Labute approximate surface area is 205 Å². The third kappa shape index (κ3) is 5.95. The molecule has 2 aromatic carbocycles. The number of anilines is 1. The Morgan fingerprint density at radius 1 is 1.12 bits per heavy atom. The Kier molecular flexibility index (Phi) is 8.16. The lowest BCUT2D eigenvalue weighted by Gasteiger charge is -2.39. The predicted molar refractivity (Wildman–Crippen MR) is 136 cm³/mol. The fourth-order valence-electron chi connectivity index (χ4n) is 4.52. The second kappa shape index (κ2) is 11.5. The van der Waals surface area contributed by atoms with E-state index in [1.807, 2.05) is 48.5 Å². The van der Waals surface area contributed by atoms with Crippen LogP contribution < -0.4 is 10.1 Å². The highest BCUT2D eigenvalue weighted by molar-refractivity contribution is 8.05. The van der Waals surface area contributed by atoms with Gasteiger partial charge < -0.3 is 19.7 Å². The average molecular weight is 481 g/mol.